The fourth-order valence-corrected chi connectivity index (χ4v) is 1.97. The van der Waals surface area contributed by atoms with Crippen LogP contribution in [0.1, 0.15) is 42.5 Å². The number of aryl methyl sites for hydroxylation is 1. The Labute approximate surface area is 125 Å². The van der Waals surface area contributed by atoms with Crippen LogP contribution in [0.3, 0.4) is 0 Å². The van der Waals surface area contributed by atoms with E-state index < -0.39 is 17.9 Å². The molecule has 1 aromatic rings. The van der Waals surface area contributed by atoms with Gasteiger partial charge in [0.2, 0.25) is 5.91 Å². The number of ether oxygens (including phenoxy) is 1. The summed E-state index contributed by atoms with van der Waals surface area (Å²) in [5.41, 5.74) is 2.47. The van der Waals surface area contributed by atoms with Crippen LogP contribution >= 0.6 is 0 Å². The highest BCUT2D eigenvalue weighted by atomic mass is 16.5. The van der Waals surface area contributed by atoms with Gasteiger partial charge in [0.15, 0.2) is 6.04 Å². The summed E-state index contributed by atoms with van der Waals surface area (Å²) in [6, 6.07) is 4.37. The number of carboxylic acids is 1. The van der Waals surface area contributed by atoms with Gasteiger partial charge in [0.05, 0.1) is 0 Å². The Bertz CT molecular complexity index is 499. The summed E-state index contributed by atoms with van der Waals surface area (Å²) in [5, 5.41) is 11.9. The minimum absolute atomic E-state index is 0.116. The van der Waals surface area contributed by atoms with E-state index in [2.05, 4.69) is 5.32 Å². The molecular formula is C16H23NO4. The first-order valence-corrected chi connectivity index (χ1v) is 7.13. The van der Waals surface area contributed by atoms with Crippen LogP contribution in [-0.2, 0) is 14.3 Å². The second-order valence-corrected chi connectivity index (χ2v) is 5.03. The monoisotopic (exact) mass is 293 g/mol. The summed E-state index contributed by atoms with van der Waals surface area (Å²) < 4.78 is 5.20. The van der Waals surface area contributed by atoms with Gasteiger partial charge in [-0.25, -0.2) is 4.79 Å². The molecule has 1 unspecified atom stereocenters. The van der Waals surface area contributed by atoms with E-state index in [1.54, 1.807) is 12.1 Å². The van der Waals surface area contributed by atoms with Gasteiger partial charge in [0.25, 0.3) is 0 Å². The normalized spacial score (nSPS) is 12.0. The number of aliphatic carboxylic acids is 1. The molecule has 0 spiro atoms. The first kappa shape index (κ1) is 17.2. The van der Waals surface area contributed by atoms with Crippen molar-refractivity contribution >= 4 is 11.9 Å². The maximum atomic E-state index is 11.8. The SMILES string of the molecule is CCCCOCC(=O)NC(C(=O)O)c1cccc(C)c1C. The molecule has 0 saturated heterocycles. The second-order valence-electron chi connectivity index (χ2n) is 5.03. The number of carbonyl (C=O) groups excluding carboxylic acids is 1. The Balaban J connectivity index is 2.72. The molecule has 116 valence electrons. The third-order valence-corrected chi connectivity index (χ3v) is 3.39. The lowest BCUT2D eigenvalue weighted by molar-refractivity contribution is -0.142. The molecule has 0 aliphatic heterocycles. The Morgan fingerprint density at radius 1 is 1.33 bits per heavy atom. The Morgan fingerprint density at radius 3 is 2.67 bits per heavy atom. The second kappa shape index (κ2) is 8.42. The topological polar surface area (TPSA) is 75.6 Å². The van der Waals surface area contributed by atoms with Crippen LogP contribution in [0.4, 0.5) is 0 Å². The van der Waals surface area contributed by atoms with Gasteiger partial charge in [-0.05, 0) is 37.0 Å². The van der Waals surface area contributed by atoms with Gasteiger partial charge >= 0.3 is 5.97 Å². The third kappa shape index (κ3) is 5.19. The summed E-state index contributed by atoms with van der Waals surface area (Å²) in [6.07, 6.45) is 1.87. The molecule has 1 amide bonds. The summed E-state index contributed by atoms with van der Waals surface area (Å²) in [5.74, 6) is -1.50. The third-order valence-electron chi connectivity index (χ3n) is 3.39. The molecular weight excluding hydrogens is 270 g/mol. The van der Waals surface area contributed by atoms with Gasteiger partial charge in [0, 0.05) is 6.61 Å². The Hall–Kier alpha value is -1.88. The lowest BCUT2D eigenvalue weighted by atomic mass is 9.97. The van der Waals surface area contributed by atoms with Crippen LogP contribution in [0.5, 0.6) is 0 Å². The smallest absolute Gasteiger partial charge is 0.330 e. The van der Waals surface area contributed by atoms with Crippen molar-refractivity contribution in [2.75, 3.05) is 13.2 Å². The largest absolute Gasteiger partial charge is 0.479 e. The van der Waals surface area contributed by atoms with Crippen molar-refractivity contribution in [3.63, 3.8) is 0 Å². The number of carbonyl (C=O) groups is 2. The summed E-state index contributed by atoms with van der Waals surface area (Å²) in [7, 11) is 0. The first-order valence-electron chi connectivity index (χ1n) is 7.13. The fourth-order valence-electron chi connectivity index (χ4n) is 1.97. The van der Waals surface area contributed by atoms with E-state index in [0.717, 1.165) is 24.0 Å². The van der Waals surface area contributed by atoms with Crippen LogP contribution in [0, 0.1) is 13.8 Å². The molecule has 0 aliphatic carbocycles. The molecule has 1 rings (SSSR count). The molecule has 0 aliphatic rings. The highest BCUT2D eigenvalue weighted by Crippen LogP contribution is 2.20. The molecule has 1 aromatic carbocycles. The molecule has 1 atom stereocenters. The van der Waals surface area contributed by atoms with E-state index in [4.69, 9.17) is 4.74 Å². The average molecular weight is 293 g/mol. The van der Waals surface area contributed by atoms with E-state index >= 15 is 0 Å². The Kier molecular flexibility index (Phi) is 6.88. The van der Waals surface area contributed by atoms with Gasteiger partial charge in [-0.1, -0.05) is 31.5 Å². The van der Waals surface area contributed by atoms with Crippen LogP contribution in [-0.4, -0.2) is 30.2 Å². The lowest BCUT2D eigenvalue weighted by Crippen LogP contribution is -2.36. The van der Waals surface area contributed by atoms with Crippen LogP contribution < -0.4 is 5.32 Å². The predicted molar refractivity (Wildman–Crippen MR) is 80.2 cm³/mol. The average Bonchev–Trinajstić information content (AvgIpc) is 2.44. The molecule has 0 radical (unpaired) electrons. The van der Waals surface area contributed by atoms with Crippen molar-refractivity contribution in [3.05, 3.63) is 34.9 Å². The number of hydrogen-bond donors (Lipinski definition) is 2. The van der Waals surface area contributed by atoms with E-state index in [0.29, 0.717) is 12.2 Å². The molecule has 5 nitrogen and oxygen atoms in total. The molecule has 5 heteroatoms. The van der Waals surface area contributed by atoms with Crippen LogP contribution in [0.15, 0.2) is 18.2 Å². The summed E-state index contributed by atoms with van der Waals surface area (Å²) in [4.78, 5) is 23.2. The minimum atomic E-state index is -1.08. The molecule has 0 bridgehead atoms. The van der Waals surface area contributed by atoms with Crippen LogP contribution in [0.2, 0.25) is 0 Å². The number of carboxylic acid groups (broad SMARTS) is 1. The van der Waals surface area contributed by atoms with E-state index in [9.17, 15) is 14.7 Å². The highest BCUT2D eigenvalue weighted by Gasteiger charge is 2.23. The van der Waals surface area contributed by atoms with Gasteiger partial charge in [-0.15, -0.1) is 0 Å². The van der Waals surface area contributed by atoms with Crippen molar-refractivity contribution in [2.45, 2.75) is 39.7 Å². The zero-order valence-corrected chi connectivity index (χ0v) is 12.8. The van der Waals surface area contributed by atoms with Gasteiger partial charge in [0.1, 0.15) is 6.61 Å². The maximum absolute atomic E-state index is 11.8. The molecule has 0 heterocycles. The zero-order valence-electron chi connectivity index (χ0n) is 12.8. The Morgan fingerprint density at radius 2 is 2.05 bits per heavy atom. The zero-order chi connectivity index (χ0) is 15.8. The quantitative estimate of drug-likeness (QED) is 0.721. The number of hydrogen-bond acceptors (Lipinski definition) is 3. The van der Waals surface area contributed by atoms with E-state index in [-0.39, 0.29) is 6.61 Å². The number of nitrogens with one attached hydrogen (secondary N) is 1. The maximum Gasteiger partial charge on any atom is 0.330 e. The summed E-state index contributed by atoms with van der Waals surface area (Å²) >= 11 is 0. The van der Waals surface area contributed by atoms with Gasteiger partial charge in [-0.3, -0.25) is 4.79 Å². The van der Waals surface area contributed by atoms with Crippen molar-refractivity contribution in [2.24, 2.45) is 0 Å². The number of unbranched alkanes of at least 4 members (excludes halogenated alkanes) is 1. The van der Waals surface area contributed by atoms with Crippen molar-refractivity contribution in [1.29, 1.82) is 0 Å². The van der Waals surface area contributed by atoms with E-state index in [1.807, 2.05) is 26.8 Å². The number of rotatable bonds is 8. The van der Waals surface area contributed by atoms with Crippen LogP contribution in [0.25, 0.3) is 0 Å². The molecule has 21 heavy (non-hydrogen) atoms. The first-order chi connectivity index (χ1) is 9.97. The number of benzene rings is 1. The fraction of sp³-hybridized carbons (Fsp3) is 0.500. The molecule has 0 fully saturated rings. The summed E-state index contributed by atoms with van der Waals surface area (Å²) in [6.45, 7) is 6.18. The highest BCUT2D eigenvalue weighted by molar-refractivity contribution is 5.85. The van der Waals surface area contributed by atoms with Crippen molar-refractivity contribution in [1.82, 2.24) is 5.32 Å². The standard InChI is InChI=1S/C16H23NO4/c1-4-5-9-21-10-14(18)17-15(16(19)20)13-8-6-7-11(2)12(13)3/h6-8,15H,4-5,9-10H2,1-3H3,(H,17,18)(H,19,20). The van der Waals surface area contributed by atoms with Crippen molar-refractivity contribution in [3.8, 4) is 0 Å². The van der Waals surface area contributed by atoms with Crippen molar-refractivity contribution < 1.29 is 19.4 Å². The predicted octanol–water partition coefficient (Wildman–Crippen LogP) is 2.36. The van der Waals surface area contributed by atoms with Gasteiger partial charge < -0.3 is 15.2 Å². The van der Waals surface area contributed by atoms with E-state index in [1.165, 1.54) is 0 Å². The van der Waals surface area contributed by atoms with Gasteiger partial charge in [-0.2, -0.15) is 0 Å². The lowest BCUT2D eigenvalue weighted by Gasteiger charge is -2.18. The molecule has 0 saturated carbocycles. The number of amides is 1. The molecule has 0 aromatic heterocycles. The molecule has 2 N–H and O–H groups in total. The minimum Gasteiger partial charge on any atom is -0.479 e.